The first kappa shape index (κ1) is 23.5. The number of anilines is 1. The lowest BCUT2D eigenvalue weighted by Crippen LogP contribution is -2.28. The zero-order valence-corrected chi connectivity index (χ0v) is 20.4. The van der Waals surface area contributed by atoms with Crippen molar-refractivity contribution in [1.82, 2.24) is 29.5 Å². The van der Waals surface area contributed by atoms with Gasteiger partial charge < -0.3 is 20.3 Å². The Labute approximate surface area is 209 Å². The maximum Gasteiger partial charge on any atom is 0.246 e. The Morgan fingerprint density at radius 1 is 1.11 bits per heavy atom. The van der Waals surface area contributed by atoms with Crippen molar-refractivity contribution in [1.29, 1.82) is 0 Å². The van der Waals surface area contributed by atoms with Crippen molar-refractivity contribution in [2.75, 3.05) is 39.5 Å². The molecule has 9 heteroatoms. The number of rotatable bonds is 7. The predicted octanol–water partition coefficient (Wildman–Crippen LogP) is 3.76. The van der Waals surface area contributed by atoms with E-state index >= 15 is 0 Å². The quantitative estimate of drug-likeness (QED) is 0.399. The van der Waals surface area contributed by atoms with Gasteiger partial charge in [-0.15, -0.1) is 0 Å². The van der Waals surface area contributed by atoms with E-state index in [2.05, 4.69) is 9.97 Å². The molecule has 1 atom stereocenters. The average Bonchev–Trinajstić information content (AvgIpc) is 3.51. The minimum atomic E-state index is 0.00226. The Kier molecular flexibility index (Phi) is 6.64. The molecular formula is C27H29N7O2. The van der Waals surface area contributed by atoms with Crippen LogP contribution in [-0.2, 0) is 4.79 Å². The molecule has 36 heavy (non-hydrogen) atoms. The molecule has 5 rings (SSSR count). The molecular weight excluding hydrogens is 454 g/mol. The molecule has 2 aromatic heterocycles. The van der Waals surface area contributed by atoms with Crippen LogP contribution in [0.4, 0.5) is 5.82 Å². The van der Waals surface area contributed by atoms with E-state index in [0.717, 1.165) is 30.0 Å². The van der Waals surface area contributed by atoms with E-state index in [1.54, 1.807) is 6.08 Å². The highest BCUT2D eigenvalue weighted by atomic mass is 16.5. The van der Waals surface area contributed by atoms with Crippen LogP contribution in [0.2, 0.25) is 0 Å². The molecule has 0 unspecified atom stereocenters. The molecule has 3 heterocycles. The molecule has 0 bridgehead atoms. The summed E-state index contributed by atoms with van der Waals surface area (Å²) in [6.45, 7) is 1.95. The number of carbonyl (C=O) groups excluding carboxylic acids is 1. The van der Waals surface area contributed by atoms with Gasteiger partial charge in [0.15, 0.2) is 5.65 Å². The SMILES string of the molecule is CN(C)CC=CC(=O)N1CC[C@@H](n2nc(-c3ccc(Oc4ccccc4)cc3)c3c(N)ncnc32)C1. The van der Waals surface area contributed by atoms with E-state index in [1.807, 2.05) is 89.3 Å². The summed E-state index contributed by atoms with van der Waals surface area (Å²) in [5.74, 6) is 1.89. The first-order valence-electron chi connectivity index (χ1n) is 11.9. The number of fused-ring (bicyclic) bond motifs is 1. The molecule has 1 fully saturated rings. The van der Waals surface area contributed by atoms with E-state index in [1.165, 1.54) is 6.33 Å². The third kappa shape index (κ3) is 4.92. The molecule has 1 saturated heterocycles. The number of likely N-dealkylation sites (N-methyl/N-ethyl adjacent to an activating group) is 1. The third-order valence-corrected chi connectivity index (χ3v) is 6.18. The van der Waals surface area contributed by atoms with Crippen molar-refractivity contribution in [3.05, 3.63) is 73.1 Å². The highest BCUT2D eigenvalue weighted by molar-refractivity contribution is 5.98. The number of para-hydroxylation sites is 1. The number of carbonyl (C=O) groups is 1. The van der Waals surface area contributed by atoms with Crippen LogP contribution in [0.5, 0.6) is 11.5 Å². The van der Waals surface area contributed by atoms with Gasteiger partial charge in [-0.05, 0) is 56.9 Å². The van der Waals surface area contributed by atoms with E-state index in [0.29, 0.717) is 35.6 Å². The molecule has 9 nitrogen and oxygen atoms in total. The topological polar surface area (TPSA) is 102 Å². The monoisotopic (exact) mass is 483 g/mol. The number of amides is 1. The number of benzene rings is 2. The Hall–Kier alpha value is -4.24. The molecule has 184 valence electrons. The van der Waals surface area contributed by atoms with Crippen LogP contribution in [0.25, 0.3) is 22.3 Å². The van der Waals surface area contributed by atoms with Crippen LogP contribution in [0.1, 0.15) is 12.5 Å². The first-order valence-corrected chi connectivity index (χ1v) is 11.9. The summed E-state index contributed by atoms with van der Waals surface area (Å²) < 4.78 is 7.82. The number of nitrogens with two attached hydrogens (primary N) is 1. The van der Waals surface area contributed by atoms with Gasteiger partial charge in [-0.2, -0.15) is 5.10 Å². The van der Waals surface area contributed by atoms with Crippen LogP contribution < -0.4 is 10.5 Å². The number of hydrogen-bond acceptors (Lipinski definition) is 7. The Bertz CT molecular complexity index is 1380. The van der Waals surface area contributed by atoms with Gasteiger partial charge in [-0.3, -0.25) is 4.79 Å². The average molecular weight is 484 g/mol. The molecule has 1 aliphatic heterocycles. The summed E-state index contributed by atoms with van der Waals surface area (Å²) in [4.78, 5) is 25.2. The molecule has 4 aromatic rings. The highest BCUT2D eigenvalue weighted by Gasteiger charge is 2.30. The fourth-order valence-electron chi connectivity index (χ4n) is 4.37. The van der Waals surface area contributed by atoms with Crippen molar-refractivity contribution in [3.63, 3.8) is 0 Å². The Morgan fingerprint density at radius 3 is 2.61 bits per heavy atom. The first-order chi connectivity index (χ1) is 17.5. The van der Waals surface area contributed by atoms with Crippen LogP contribution in [0.15, 0.2) is 73.1 Å². The Morgan fingerprint density at radius 2 is 1.86 bits per heavy atom. The van der Waals surface area contributed by atoms with Crippen molar-refractivity contribution in [2.24, 2.45) is 0 Å². The minimum absolute atomic E-state index is 0.00226. The van der Waals surface area contributed by atoms with Gasteiger partial charge in [0.1, 0.15) is 29.3 Å². The number of likely N-dealkylation sites (tertiary alicyclic amines) is 1. The summed E-state index contributed by atoms with van der Waals surface area (Å²) in [5.41, 5.74) is 8.56. The number of nitrogen functional groups attached to an aromatic ring is 1. The number of ether oxygens (including phenoxy) is 1. The van der Waals surface area contributed by atoms with E-state index in [9.17, 15) is 4.79 Å². The summed E-state index contributed by atoms with van der Waals surface area (Å²) in [6.07, 6.45) is 5.78. The maximum absolute atomic E-state index is 12.6. The van der Waals surface area contributed by atoms with Crippen LogP contribution in [0.3, 0.4) is 0 Å². The number of aromatic nitrogens is 4. The second kappa shape index (κ2) is 10.2. The highest BCUT2D eigenvalue weighted by Crippen LogP contribution is 2.35. The fraction of sp³-hybridized carbons (Fsp3) is 0.259. The molecule has 0 saturated carbocycles. The van der Waals surface area contributed by atoms with Crippen molar-refractivity contribution < 1.29 is 9.53 Å². The van der Waals surface area contributed by atoms with Crippen LogP contribution in [-0.4, -0.2) is 69.2 Å². The largest absolute Gasteiger partial charge is 0.457 e. The van der Waals surface area contributed by atoms with Gasteiger partial charge in [0, 0.05) is 31.3 Å². The van der Waals surface area contributed by atoms with E-state index in [-0.39, 0.29) is 11.9 Å². The van der Waals surface area contributed by atoms with Gasteiger partial charge in [0.05, 0.1) is 11.4 Å². The maximum atomic E-state index is 12.6. The van der Waals surface area contributed by atoms with Crippen molar-refractivity contribution in [2.45, 2.75) is 12.5 Å². The second-order valence-corrected chi connectivity index (χ2v) is 9.08. The van der Waals surface area contributed by atoms with Gasteiger partial charge in [-0.25, -0.2) is 14.6 Å². The normalized spacial score (nSPS) is 15.9. The standard InChI is InChI=1S/C27H29N7O2/c1-32(2)15-6-9-23(35)33-16-14-20(17-33)34-27-24(26(28)29-18-30-27)25(31-34)19-10-12-22(13-11-19)36-21-7-4-3-5-8-21/h3-13,18,20H,14-17H2,1-2H3,(H2,28,29,30)/t20-/m1/s1. The smallest absolute Gasteiger partial charge is 0.246 e. The van der Waals surface area contributed by atoms with Gasteiger partial charge in [-0.1, -0.05) is 24.3 Å². The molecule has 0 aliphatic carbocycles. The number of nitrogens with zero attached hydrogens (tertiary/aromatic N) is 6. The molecule has 0 spiro atoms. The zero-order chi connectivity index (χ0) is 25.1. The molecule has 2 N–H and O–H groups in total. The predicted molar refractivity (Wildman–Crippen MR) is 140 cm³/mol. The summed E-state index contributed by atoms with van der Waals surface area (Å²) in [5, 5.41) is 5.64. The van der Waals surface area contributed by atoms with Crippen LogP contribution in [0, 0.1) is 0 Å². The fourth-order valence-corrected chi connectivity index (χ4v) is 4.37. The molecule has 0 radical (unpaired) electrons. The van der Waals surface area contributed by atoms with Gasteiger partial charge >= 0.3 is 0 Å². The van der Waals surface area contributed by atoms with Crippen LogP contribution >= 0.6 is 0 Å². The molecule has 2 aromatic carbocycles. The Balaban J connectivity index is 1.40. The van der Waals surface area contributed by atoms with Gasteiger partial charge in [0.2, 0.25) is 5.91 Å². The van der Waals surface area contributed by atoms with E-state index in [4.69, 9.17) is 15.6 Å². The van der Waals surface area contributed by atoms with Gasteiger partial charge in [0.25, 0.3) is 0 Å². The third-order valence-electron chi connectivity index (χ3n) is 6.18. The second-order valence-electron chi connectivity index (χ2n) is 9.08. The number of hydrogen-bond donors (Lipinski definition) is 1. The molecule has 1 amide bonds. The van der Waals surface area contributed by atoms with Crippen molar-refractivity contribution in [3.8, 4) is 22.8 Å². The van der Waals surface area contributed by atoms with Crippen molar-refractivity contribution >= 4 is 22.8 Å². The summed E-state index contributed by atoms with van der Waals surface area (Å²) in [7, 11) is 3.94. The lowest BCUT2D eigenvalue weighted by molar-refractivity contribution is -0.125. The molecule has 1 aliphatic rings. The summed E-state index contributed by atoms with van der Waals surface area (Å²) in [6, 6.07) is 17.4. The lowest BCUT2D eigenvalue weighted by Gasteiger charge is -2.15. The minimum Gasteiger partial charge on any atom is -0.457 e. The summed E-state index contributed by atoms with van der Waals surface area (Å²) >= 11 is 0. The van der Waals surface area contributed by atoms with E-state index < -0.39 is 0 Å². The lowest BCUT2D eigenvalue weighted by atomic mass is 10.1. The zero-order valence-electron chi connectivity index (χ0n) is 20.4.